The number of likely N-dealkylation sites (tertiary alicyclic amines) is 1. The molecule has 4 heteroatoms. The Labute approximate surface area is 133 Å². The zero-order valence-electron chi connectivity index (χ0n) is 12.0. The topological polar surface area (TPSA) is 33.2 Å². The third-order valence-corrected chi connectivity index (χ3v) is 4.66. The summed E-state index contributed by atoms with van der Waals surface area (Å²) in [5, 5.41) is 1.96. The molecule has 1 aliphatic heterocycles. The lowest BCUT2D eigenvalue weighted by atomic mass is 9.95. The Kier molecular flexibility index (Phi) is 4.54. The summed E-state index contributed by atoms with van der Waals surface area (Å²) >= 11 is 3.51. The van der Waals surface area contributed by atoms with E-state index < -0.39 is 0 Å². The van der Waals surface area contributed by atoms with E-state index in [1.165, 1.54) is 6.42 Å². The lowest BCUT2D eigenvalue weighted by molar-refractivity contribution is 0.0674. The number of carbonyl (C=O) groups excluding carboxylic acids is 1. The third kappa shape index (κ3) is 3.10. The normalized spacial score (nSPS) is 18.9. The largest absolute Gasteiger partial charge is 0.338 e. The minimum atomic E-state index is 0.146. The van der Waals surface area contributed by atoms with Gasteiger partial charge in [0, 0.05) is 30.0 Å². The van der Waals surface area contributed by atoms with Gasteiger partial charge in [-0.15, -0.1) is 0 Å². The van der Waals surface area contributed by atoms with Crippen LogP contribution in [0.3, 0.4) is 0 Å². The summed E-state index contributed by atoms with van der Waals surface area (Å²) in [6, 6.07) is 9.70. The Morgan fingerprint density at radius 3 is 3.05 bits per heavy atom. The average molecular weight is 347 g/mol. The molecule has 21 heavy (non-hydrogen) atoms. The first-order valence-electron chi connectivity index (χ1n) is 7.48. The second kappa shape index (κ2) is 6.56. The molecule has 0 N–H and O–H groups in total. The van der Waals surface area contributed by atoms with Crippen molar-refractivity contribution in [3.05, 3.63) is 42.1 Å². The molecular formula is C17H19BrN2O. The first-order valence-corrected chi connectivity index (χ1v) is 8.60. The van der Waals surface area contributed by atoms with E-state index in [0.29, 0.717) is 5.92 Å². The summed E-state index contributed by atoms with van der Waals surface area (Å²) in [4.78, 5) is 19.2. The average Bonchev–Trinajstić information content (AvgIpc) is 2.54. The van der Waals surface area contributed by atoms with Gasteiger partial charge in [-0.25, -0.2) is 0 Å². The number of benzene rings is 1. The lowest BCUT2D eigenvalue weighted by Crippen LogP contribution is -2.40. The molecule has 1 aliphatic rings. The van der Waals surface area contributed by atoms with Crippen molar-refractivity contribution in [1.82, 2.24) is 9.88 Å². The van der Waals surface area contributed by atoms with Gasteiger partial charge in [-0.2, -0.15) is 0 Å². The number of fused-ring (bicyclic) bond motifs is 1. The molecule has 1 amide bonds. The number of aromatic nitrogens is 1. The molecule has 3 rings (SSSR count). The summed E-state index contributed by atoms with van der Waals surface area (Å²) in [5.41, 5.74) is 1.66. The van der Waals surface area contributed by atoms with E-state index in [0.717, 1.165) is 47.7 Å². The van der Waals surface area contributed by atoms with Crippen LogP contribution in [0, 0.1) is 5.92 Å². The maximum absolute atomic E-state index is 12.8. The van der Waals surface area contributed by atoms with Crippen LogP contribution in [-0.2, 0) is 0 Å². The van der Waals surface area contributed by atoms with Crippen LogP contribution in [0.15, 0.2) is 36.5 Å². The van der Waals surface area contributed by atoms with Crippen molar-refractivity contribution >= 4 is 32.7 Å². The molecule has 1 unspecified atom stereocenters. The second-order valence-corrected chi connectivity index (χ2v) is 6.41. The Morgan fingerprint density at radius 1 is 1.33 bits per heavy atom. The number of halogens is 1. The predicted molar refractivity (Wildman–Crippen MR) is 88.8 cm³/mol. The molecule has 1 aromatic heterocycles. The molecule has 1 fully saturated rings. The molecule has 0 radical (unpaired) electrons. The maximum atomic E-state index is 12.8. The summed E-state index contributed by atoms with van der Waals surface area (Å²) < 4.78 is 0. The monoisotopic (exact) mass is 346 g/mol. The Hall–Kier alpha value is -1.42. The van der Waals surface area contributed by atoms with Gasteiger partial charge < -0.3 is 4.90 Å². The van der Waals surface area contributed by atoms with Crippen LogP contribution in [0.1, 0.15) is 29.6 Å². The highest BCUT2D eigenvalue weighted by molar-refractivity contribution is 9.09. The summed E-state index contributed by atoms with van der Waals surface area (Å²) in [7, 11) is 0. The molecule has 1 atom stereocenters. The first-order chi connectivity index (χ1) is 10.3. The van der Waals surface area contributed by atoms with Gasteiger partial charge in [0.05, 0.1) is 11.1 Å². The minimum Gasteiger partial charge on any atom is -0.338 e. The van der Waals surface area contributed by atoms with Crippen molar-refractivity contribution in [2.45, 2.75) is 19.3 Å². The predicted octanol–water partition coefficient (Wildman–Crippen LogP) is 3.87. The van der Waals surface area contributed by atoms with Crippen LogP contribution < -0.4 is 0 Å². The minimum absolute atomic E-state index is 0.146. The zero-order chi connectivity index (χ0) is 14.7. The third-order valence-electron chi connectivity index (χ3n) is 4.20. The van der Waals surface area contributed by atoms with Gasteiger partial charge in [0.1, 0.15) is 0 Å². The smallest absolute Gasteiger partial charge is 0.254 e. The van der Waals surface area contributed by atoms with Crippen molar-refractivity contribution in [2.75, 3.05) is 18.4 Å². The number of amides is 1. The molecule has 0 aliphatic carbocycles. The standard InChI is InChI=1S/C17H19BrN2O/c18-9-7-13-4-3-11-20(12-13)17(21)15-8-10-19-16-6-2-1-5-14(15)16/h1-2,5-6,8,10,13H,3-4,7,9,11-12H2. The van der Waals surface area contributed by atoms with Crippen LogP contribution in [0.25, 0.3) is 10.9 Å². The number of carbonyl (C=O) groups is 1. The number of hydrogen-bond donors (Lipinski definition) is 0. The molecule has 110 valence electrons. The molecular weight excluding hydrogens is 328 g/mol. The number of piperidine rings is 1. The molecule has 0 spiro atoms. The van der Waals surface area contributed by atoms with Gasteiger partial charge in [-0.3, -0.25) is 9.78 Å². The molecule has 1 saturated heterocycles. The molecule has 0 saturated carbocycles. The van der Waals surface area contributed by atoms with Crippen LogP contribution in [0.2, 0.25) is 0 Å². The van der Waals surface area contributed by atoms with E-state index in [1.807, 2.05) is 35.2 Å². The van der Waals surface area contributed by atoms with Gasteiger partial charge in [0.2, 0.25) is 0 Å². The fourth-order valence-electron chi connectivity index (χ4n) is 3.09. The number of rotatable bonds is 3. The number of nitrogens with zero attached hydrogens (tertiary/aromatic N) is 2. The molecule has 0 bridgehead atoms. The van der Waals surface area contributed by atoms with E-state index in [2.05, 4.69) is 20.9 Å². The Balaban J connectivity index is 1.86. The van der Waals surface area contributed by atoms with Crippen LogP contribution in [-0.4, -0.2) is 34.2 Å². The quantitative estimate of drug-likeness (QED) is 0.790. The second-order valence-electron chi connectivity index (χ2n) is 5.61. The van der Waals surface area contributed by atoms with E-state index in [1.54, 1.807) is 6.20 Å². The lowest BCUT2D eigenvalue weighted by Gasteiger charge is -2.32. The van der Waals surface area contributed by atoms with Gasteiger partial charge in [-0.1, -0.05) is 34.1 Å². The van der Waals surface area contributed by atoms with Gasteiger partial charge in [0.25, 0.3) is 5.91 Å². The first kappa shape index (κ1) is 14.5. The van der Waals surface area contributed by atoms with Gasteiger partial charge >= 0.3 is 0 Å². The summed E-state index contributed by atoms with van der Waals surface area (Å²) in [6.07, 6.45) is 5.20. The van der Waals surface area contributed by atoms with E-state index in [4.69, 9.17) is 0 Å². The van der Waals surface area contributed by atoms with Crippen LogP contribution >= 0.6 is 15.9 Å². The Morgan fingerprint density at radius 2 is 2.19 bits per heavy atom. The van der Waals surface area contributed by atoms with Crippen molar-refractivity contribution in [3.8, 4) is 0 Å². The van der Waals surface area contributed by atoms with Gasteiger partial charge in [-0.05, 0) is 37.3 Å². The molecule has 2 aromatic rings. The highest BCUT2D eigenvalue weighted by atomic mass is 79.9. The number of hydrogen-bond acceptors (Lipinski definition) is 2. The van der Waals surface area contributed by atoms with Crippen molar-refractivity contribution in [1.29, 1.82) is 0 Å². The highest BCUT2D eigenvalue weighted by Gasteiger charge is 2.25. The summed E-state index contributed by atoms with van der Waals surface area (Å²) in [5.74, 6) is 0.767. The van der Waals surface area contributed by atoms with E-state index in [9.17, 15) is 4.79 Å². The molecule has 1 aromatic carbocycles. The van der Waals surface area contributed by atoms with Crippen LogP contribution in [0.4, 0.5) is 0 Å². The van der Waals surface area contributed by atoms with E-state index >= 15 is 0 Å². The van der Waals surface area contributed by atoms with Crippen molar-refractivity contribution < 1.29 is 4.79 Å². The van der Waals surface area contributed by atoms with E-state index in [-0.39, 0.29) is 5.91 Å². The SMILES string of the molecule is O=C(c1ccnc2ccccc12)N1CCCC(CCBr)C1. The van der Waals surface area contributed by atoms with Crippen LogP contribution in [0.5, 0.6) is 0 Å². The Bertz CT molecular complexity index is 636. The van der Waals surface area contributed by atoms with Crippen molar-refractivity contribution in [3.63, 3.8) is 0 Å². The maximum Gasteiger partial charge on any atom is 0.254 e. The van der Waals surface area contributed by atoms with Crippen molar-refractivity contribution in [2.24, 2.45) is 5.92 Å². The molecule has 3 nitrogen and oxygen atoms in total. The fourth-order valence-corrected chi connectivity index (χ4v) is 3.74. The molecule has 2 heterocycles. The number of pyridine rings is 1. The highest BCUT2D eigenvalue weighted by Crippen LogP contribution is 2.24. The fraction of sp³-hybridized carbons (Fsp3) is 0.412. The summed E-state index contributed by atoms with van der Waals surface area (Å²) in [6.45, 7) is 1.75. The number of para-hydroxylation sites is 1. The zero-order valence-corrected chi connectivity index (χ0v) is 13.6. The van der Waals surface area contributed by atoms with Gasteiger partial charge in [0.15, 0.2) is 0 Å². The number of alkyl halides is 1.